The Kier molecular flexibility index (Phi) is 6.39. The molecule has 0 aliphatic carbocycles. The number of nitrogens with one attached hydrogen (secondary N) is 1. The van der Waals surface area contributed by atoms with Gasteiger partial charge in [0, 0.05) is 43.2 Å². The maximum Gasteiger partial charge on any atom is 0.221 e. The fourth-order valence-electron chi connectivity index (χ4n) is 3.19. The van der Waals surface area contributed by atoms with Crippen LogP contribution < -0.4 is 5.32 Å². The van der Waals surface area contributed by atoms with Crippen LogP contribution in [0.4, 0.5) is 5.69 Å². The molecule has 0 fully saturated rings. The van der Waals surface area contributed by atoms with E-state index in [9.17, 15) is 4.79 Å². The summed E-state index contributed by atoms with van der Waals surface area (Å²) in [6, 6.07) is 18.3. The number of amides is 1. The second-order valence-corrected chi connectivity index (χ2v) is 7.48. The molecule has 0 saturated carbocycles. The monoisotopic (exact) mass is 376 g/mol. The molecule has 0 radical (unpaired) electrons. The quantitative estimate of drug-likeness (QED) is 0.680. The van der Waals surface area contributed by atoms with E-state index < -0.39 is 0 Å². The average molecular weight is 377 g/mol. The van der Waals surface area contributed by atoms with E-state index in [-0.39, 0.29) is 5.91 Å². The number of carbonyl (C=O) groups is 1. The summed E-state index contributed by atoms with van der Waals surface area (Å²) in [4.78, 5) is 20.6. The third-order valence-corrected chi connectivity index (χ3v) is 4.67. The molecule has 0 aliphatic heterocycles. The Morgan fingerprint density at radius 1 is 1.00 bits per heavy atom. The maximum atomic E-state index is 11.2. The number of carbonyl (C=O) groups excluding carboxylic acids is 1. The Morgan fingerprint density at radius 3 is 2.39 bits per heavy atom. The van der Waals surface area contributed by atoms with Crippen molar-refractivity contribution in [3.8, 4) is 11.3 Å². The Bertz CT molecular complexity index is 950. The van der Waals surface area contributed by atoms with E-state index in [0.717, 1.165) is 42.1 Å². The van der Waals surface area contributed by atoms with Crippen LogP contribution in [0.2, 0.25) is 0 Å². The van der Waals surface area contributed by atoms with E-state index in [0.29, 0.717) is 0 Å². The number of hydrogen-bond donors (Lipinski definition) is 1. The second kappa shape index (κ2) is 8.95. The lowest BCUT2D eigenvalue weighted by molar-refractivity contribution is -0.114. The molecule has 0 saturated heterocycles. The van der Waals surface area contributed by atoms with Gasteiger partial charge < -0.3 is 15.1 Å². The lowest BCUT2D eigenvalue weighted by atomic mass is 10.0. The van der Waals surface area contributed by atoms with Gasteiger partial charge in [0.15, 0.2) is 0 Å². The number of benzene rings is 2. The van der Waals surface area contributed by atoms with Crippen molar-refractivity contribution in [2.75, 3.05) is 39.5 Å². The van der Waals surface area contributed by atoms with Crippen LogP contribution in [0.15, 0.2) is 54.6 Å². The van der Waals surface area contributed by atoms with Crippen LogP contribution in [0.3, 0.4) is 0 Å². The number of likely N-dealkylation sites (N-methyl/N-ethyl adjacent to an activating group) is 2. The molecule has 1 N–H and O–H groups in total. The fourth-order valence-corrected chi connectivity index (χ4v) is 3.19. The standard InChI is InChI=1S/C23H28N4O/c1-17(28)24-20-11-9-18(10-12-20)23-15-19(16-27(4)14-13-26(2)3)21-7-5-6-8-22(21)25-23/h5-12,15H,13-14,16H2,1-4H3,(H,24,28). The van der Waals surface area contributed by atoms with Crippen LogP contribution in [0, 0.1) is 0 Å². The molecular weight excluding hydrogens is 348 g/mol. The summed E-state index contributed by atoms with van der Waals surface area (Å²) >= 11 is 0. The van der Waals surface area contributed by atoms with Gasteiger partial charge in [0.2, 0.25) is 5.91 Å². The lowest BCUT2D eigenvalue weighted by Gasteiger charge is -2.20. The topological polar surface area (TPSA) is 48.5 Å². The normalized spacial score (nSPS) is 11.4. The van der Waals surface area contributed by atoms with Crippen molar-refractivity contribution >= 4 is 22.5 Å². The molecule has 3 rings (SSSR count). The highest BCUT2D eigenvalue weighted by Crippen LogP contribution is 2.26. The number of anilines is 1. The van der Waals surface area contributed by atoms with Gasteiger partial charge in [-0.05, 0) is 51.0 Å². The summed E-state index contributed by atoms with van der Waals surface area (Å²) in [7, 11) is 6.34. The maximum absolute atomic E-state index is 11.2. The van der Waals surface area contributed by atoms with Crippen LogP contribution >= 0.6 is 0 Å². The van der Waals surface area contributed by atoms with Crippen molar-refractivity contribution in [3.05, 3.63) is 60.2 Å². The number of aromatic nitrogens is 1. The minimum absolute atomic E-state index is 0.0698. The molecule has 3 aromatic rings. The van der Waals surface area contributed by atoms with Gasteiger partial charge >= 0.3 is 0 Å². The van der Waals surface area contributed by atoms with Gasteiger partial charge in [0.25, 0.3) is 0 Å². The van der Waals surface area contributed by atoms with Gasteiger partial charge in [-0.25, -0.2) is 4.98 Å². The Balaban J connectivity index is 1.92. The van der Waals surface area contributed by atoms with Crippen molar-refractivity contribution in [3.63, 3.8) is 0 Å². The van der Waals surface area contributed by atoms with E-state index in [2.05, 4.69) is 60.5 Å². The van der Waals surface area contributed by atoms with Gasteiger partial charge in [0.05, 0.1) is 11.2 Å². The smallest absolute Gasteiger partial charge is 0.221 e. The molecule has 0 aliphatic rings. The number of rotatable bonds is 7. The molecule has 0 atom stereocenters. The van der Waals surface area contributed by atoms with Gasteiger partial charge in [-0.1, -0.05) is 30.3 Å². The molecule has 1 heterocycles. The van der Waals surface area contributed by atoms with Crippen LogP contribution in [0.5, 0.6) is 0 Å². The summed E-state index contributed by atoms with van der Waals surface area (Å²) in [5.74, 6) is -0.0698. The van der Waals surface area contributed by atoms with Crippen molar-refractivity contribution in [2.45, 2.75) is 13.5 Å². The van der Waals surface area contributed by atoms with Gasteiger partial charge in [0.1, 0.15) is 0 Å². The fraction of sp³-hybridized carbons (Fsp3) is 0.304. The van der Waals surface area contributed by atoms with Crippen LogP contribution in [0.25, 0.3) is 22.2 Å². The zero-order valence-corrected chi connectivity index (χ0v) is 17.1. The van der Waals surface area contributed by atoms with E-state index >= 15 is 0 Å². The molecule has 146 valence electrons. The first-order valence-corrected chi connectivity index (χ1v) is 9.52. The molecule has 5 heteroatoms. The summed E-state index contributed by atoms with van der Waals surface area (Å²) in [6.07, 6.45) is 0. The average Bonchev–Trinajstić information content (AvgIpc) is 2.66. The van der Waals surface area contributed by atoms with Crippen molar-refractivity contribution < 1.29 is 4.79 Å². The van der Waals surface area contributed by atoms with Gasteiger partial charge in [-0.2, -0.15) is 0 Å². The number of fused-ring (bicyclic) bond motifs is 1. The van der Waals surface area contributed by atoms with Crippen molar-refractivity contribution in [1.82, 2.24) is 14.8 Å². The summed E-state index contributed by atoms with van der Waals surface area (Å²) in [5.41, 5.74) is 5.05. The predicted molar refractivity (Wildman–Crippen MR) is 116 cm³/mol. The Hall–Kier alpha value is -2.76. The summed E-state index contributed by atoms with van der Waals surface area (Å²) in [6.45, 7) is 4.41. The van der Waals surface area contributed by atoms with Gasteiger partial charge in [-0.15, -0.1) is 0 Å². The van der Waals surface area contributed by atoms with Crippen LogP contribution in [-0.4, -0.2) is 54.9 Å². The van der Waals surface area contributed by atoms with E-state index in [1.165, 1.54) is 17.9 Å². The minimum Gasteiger partial charge on any atom is -0.326 e. The third-order valence-electron chi connectivity index (χ3n) is 4.67. The number of para-hydroxylation sites is 1. The van der Waals surface area contributed by atoms with Gasteiger partial charge in [-0.3, -0.25) is 4.79 Å². The zero-order valence-electron chi connectivity index (χ0n) is 17.1. The van der Waals surface area contributed by atoms with Crippen molar-refractivity contribution in [1.29, 1.82) is 0 Å². The van der Waals surface area contributed by atoms with E-state index in [4.69, 9.17) is 4.98 Å². The first kappa shape index (κ1) is 20.0. The molecule has 0 spiro atoms. The lowest BCUT2D eigenvalue weighted by Crippen LogP contribution is -2.28. The summed E-state index contributed by atoms with van der Waals surface area (Å²) < 4.78 is 0. The Morgan fingerprint density at radius 2 is 1.71 bits per heavy atom. The number of pyridine rings is 1. The summed E-state index contributed by atoms with van der Waals surface area (Å²) in [5, 5.41) is 4.00. The van der Waals surface area contributed by atoms with E-state index in [1.54, 1.807) is 0 Å². The number of hydrogen-bond acceptors (Lipinski definition) is 4. The third kappa shape index (κ3) is 5.15. The SMILES string of the molecule is CC(=O)Nc1ccc(-c2cc(CN(C)CCN(C)C)c3ccccc3n2)cc1. The predicted octanol–water partition coefficient (Wildman–Crippen LogP) is 3.85. The van der Waals surface area contributed by atoms with E-state index in [1.807, 2.05) is 30.3 Å². The molecule has 0 unspecified atom stereocenters. The highest BCUT2D eigenvalue weighted by molar-refractivity contribution is 5.89. The number of nitrogens with zero attached hydrogens (tertiary/aromatic N) is 3. The minimum atomic E-state index is -0.0698. The highest BCUT2D eigenvalue weighted by Gasteiger charge is 2.10. The molecule has 1 amide bonds. The first-order chi connectivity index (χ1) is 13.4. The molecule has 0 bridgehead atoms. The van der Waals surface area contributed by atoms with Crippen LogP contribution in [-0.2, 0) is 11.3 Å². The molecular formula is C23H28N4O. The highest BCUT2D eigenvalue weighted by atomic mass is 16.1. The zero-order chi connectivity index (χ0) is 20.1. The van der Waals surface area contributed by atoms with Crippen molar-refractivity contribution in [2.24, 2.45) is 0 Å². The molecule has 28 heavy (non-hydrogen) atoms. The molecule has 5 nitrogen and oxygen atoms in total. The first-order valence-electron chi connectivity index (χ1n) is 9.52. The molecule has 2 aromatic carbocycles. The Labute approximate surface area is 167 Å². The largest absolute Gasteiger partial charge is 0.326 e. The second-order valence-electron chi connectivity index (χ2n) is 7.48. The van der Waals surface area contributed by atoms with Crippen LogP contribution in [0.1, 0.15) is 12.5 Å². The molecule has 1 aromatic heterocycles.